The van der Waals surface area contributed by atoms with Crippen LogP contribution < -0.4 is 10.6 Å². The minimum absolute atomic E-state index is 0.210. The van der Waals surface area contributed by atoms with Crippen LogP contribution in [-0.4, -0.2) is 26.9 Å². The summed E-state index contributed by atoms with van der Waals surface area (Å²) < 4.78 is 4.27. The second-order valence-electron chi connectivity index (χ2n) is 7.32. The van der Waals surface area contributed by atoms with Crippen LogP contribution >= 0.6 is 58.3 Å². The summed E-state index contributed by atoms with van der Waals surface area (Å²) in [6.07, 6.45) is 0. The lowest BCUT2D eigenvalue weighted by Crippen LogP contribution is -2.19. The first-order chi connectivity index (χ1) is 17.4. The molecule has 1 aromatic heterocycles. The second-order valence-corrected chi connectivity index (χ2v) is 11.3. The summed E-state index contributed by atoms with van der Waals surface area (Å²) >= 11 is 16.2. The molecule has 1 heterocycles. The van der Waals surface area contributed by atoms with E-state index in [1.165, 1.54) is 29.6 Å². The zero-order valence-electron chi connectivity index (χ0n) is 18.9. The number of anilines is 2. The summed E-state index contributed by atoms with van der Waals surface area (Å²) in [7, 11) is 0. The molecule has 6 nitrogen and oxygen atoms in total. The third-order valence-corrected chi connectivity index (χ3v) is 8.04. The fourth-order valence-electron chi connectivity index (χ4n) is 3.18. The maximum Gasteiger partial charge on any atom is 0.257 e. The number of carbonyl (C=O) groups is 2. The van der Waals surface area contributed by atoms with Gasteiger partial charge in [-0.15, -0.1) is 11.8 Å². The van der Waals surface area contributed by atoms with E-state index in [2.05, 4.69) is 20.0 Å². The van der Waals surface area contributed by atoms with E-state index < -0.39 is 5.25 Å². The molecular formula is C25H20Cl2N4O2S3. The fourth-order valence-corrected chi connectivity index (χ4v) is 6.03. The Morgan fingerprint density at radius 1 is 1.00 bits per heavy atom. The number of carbonyl (C=O) groups excluding carboxylic acids is 2. The first-order valence-corrected chi connectivity index (χ1v) is 14.2. The lowest BCUT2D eigenvalue weighted by molar-refractivity contribution is -0.115. The fraction of sp³-hybridized carbons (Fsp3) is 0.120. The van der Waals surface area contributed by atoms with Crippen LogP contribution in [0, 0.1) is 0 Å². The summed E-state index contributed by atoms with van der Waals surface area (Å²) in [5.74, 6) is 0.287. The van der Waals surface area contributed by atoms with Gasteiger partial charge in [-0.3, -0.25) is 14.9 Å². The van der Waals surface area contributed by atoms with E-state index in [-0.39, 0.29) is 16.8 Å². The average molecular weight is 576 g/mol. The van der Waals surface area contributed by atoms with Gasteiger partial charge in [0.05, 0.1) is 10.6 Å². The second kappa shape index (κ2) is 12.6. The van der Waals surface area contributed by atoms with Crippen LogP contribution in [0.1, 0.15) is 28.1 Å². The molecule has 0 fully saturated rings. The molecule has 0 saturated heterocycles. The topological polar surface area (TPSA) is 84.0 Å². The molecule has 1 unspecified atom stereocenters. The number of benzene rings is 3. The minimum Gasteiger partial charge on any atom is -0.322 e. The van der Waals surface area contributed by atoms with Crippen molar-refractivity contribution in [3.05, 3.63) is 94.0 Å². The van der Waals surface area contributed by atoms with Crippen LogP contribution in [0.3, 0.4) is 0 Å². The van der Waals surface area contributed by atoms with E-state index >= 15 is 0 Å². The molecule has 0 saturated carbocycles. The molecule has 1 atom stereocenters. The summed E-state index contributed by atoms with van der Waals surface area (Å²) in [4.78, 5) is 31.2. The zero-order valence-corrected chi connectivity index (χ0v) is 22.9. The molecule has 0 radical (unpaired) electrons. The van der Waals surface area contributed by atoms with Gasteiger partial charge in [0.2, 0.25) is 16.2 Å². The van der Waals surface area contributed by atoms with Crippen LogP contribution in [0.2, 0.25) is 10.0 Å². The molecule has 11 heteroatoms. The van der Waals surface area contributed by atoms with Gasteiger partial charge in [-0.05, 0) is 47.7 Å². The predicted octanol–water partition coefficient (Wildman–Crippen LogP) is 7.68. The van der Waals surface area contributed by atoms with E-state index in [0.29, 0.717) is 26.6 Å². The number of nitrogens with zero attached hydrogens (tertiary/aromatic N) is 2. The molecule has 0 bridgehead atoms. The number of hydrogen-bond acceptors (Lipinski definition) is 7. The maximum absolute atomic E-state index is 13.3. The Hall–Kier alpha value is -2.56. The molecule has 3 aromatic carbocycles. The Morgan fingerprint density at radius 2 is 1.81 bits per heavy atom. The van der Waals surface area contributed by atoms with E-state index in [9.17, 15) is 9.59 Å². The molecule has 0 aliphatic carbocycles. The summed E-state index contributed by atoms with van der Waals surface area (Å²) in [5.41, 5.74) is 1.74. The van der Waals surface area contributed by atoms with Gasteiger partial charge in [0.15, 0.2) is 0 Å². The molecule has 4 rings (SSSR count). The van der Waals surface area contributed by atoms with Crippen LogP contribution in [0.4, 0.5) is 10.8 Å². The van der Waals surface area contributed by atoms with Gasteiger partial charge in [0, 0.05) is 27.1 Å². The van der Waals surface area contributed by atoms with Crippen LogP contribution in [0.15, 0.2) is 82.8 Å². The summed E-state index contributed by atoms with van der Waals surface area (Å²) in [5, 5.41) is 7.03. The van der Waals surface area contributed by atoms with Gasteiger partial charge in [-0.1, -0.05) is 78.3 Å². The molecule has 184 valence electrons. The smallest absolute Gasteiger partial charge is 0.257 e. The van der Waals surface area contributed by atoms with Gasteiger partial charge in [-0.25, -0.2) is 0 Å². The van der Waals surface area contributed by atoms with Gasteiger partial charge in [0.1, 0.15) is 5.25 Å². The molecule has 0 aliphatic rings. The summed E-state index contributed by atoms with van der Waals surface area (Å²) in [6.45, 7) is 2.02. The third-order valence-electron chi connectivity index (χ3n) is 4.77. The Labute approximate surface area is 231 Å². The normalized spacial score (nSPS) is 11.6. The van der Waals surface area contributed by atoms with Crippen molar-refractivity contribution < 1.29 is 9.59 Å². The Bertz CT molecular complexity index is 1370. The Kier molecular flexibility index (Phi) is 9.28. The molecule has 2 N–H and O–H groups in total. The first-order valence-electron chi connectivity index (χ1n) is 10.8. The zero-order chi connectivity index (χ0) is 25.5. The molecule has 0 spiro atoms. The number of nitrogens with one attached hydrogen (secondary N) is 2. The average Bonchev–Trinajstić information content (AvgIpc) is 3.30. The molecule has 2 amide bonds. The molecular weight excluding hydrogens is 555 g/mol. The largest absolute Gasteiger partial charge is 0.322 e. The third kappa shape index (κ3) is 7.02. The maximum atomic E-state index is 13.3. The number of thioether (sulfide) groups is 2. The van der Waals surface area contributed by atoms with Crippen molar-refractivity contribution in [1.29, 1.82) is 0 Å². The quantitative estimate of drug-likeness (QED) is 0.199. The van der Waals surface area contributed by atoms with Crippen molar-refractivity contribution in [2.75, 3.05) is 16.4 Å². The monoisotopic (exact) mass is 574 g/mol. The SMILES string of the molecule is CCSc1nsc(NC(=O)C(Sc2cccc(NC(=O)c3ccc(Cl)cc3Cl)c2)c2ccccc2)n1. The van der Waals surface area contributed by atoms with Crippen molar-refractivity contribution in [1.82, 2.24) is 9.36 Å². The molecule has 36 heavy (non-hydrogen) atoms. The number of aromatic nitrogens is 2. The van der Waals surface area contributed by atoms with Crippen LogP contribution in [0.5, 0.6) is 0 Å². The van der Waals surface area contributed by atoms with Crippen molar-refractivity contribution in [3.63, 3.8) is 0 Å². The minimum atomic E-state index is -0.547. The number of rotatable bonds is 9. The highest BCUT2D eigenvalue weighted by Crippen LogP contribution is 2.37. The van der Waals surface area contributed by atoms with Crippen molar-refractivity contribution in [2.45, 2.75) is 22.2 Å². The lowest BCUT2D eigenvalue weighted by Gasteiger charge is -2.17. The first kappa shape index (κ1) is 26.5. The van der Waals surface area contributed by atoms with Gasteiger partial charge in [0.25, 0.3) is 5.91 Å². The van der Waals surface area contributed by atoms with Crippen LogP contribution in [-0.2, 0) is 4.79 Å². The Balaban J connectivity index is 1.52. The number of amides is 2. The highest BCUT2D eigenvalue weighted by Gasteiger charge is 2.24. The van der Waals surface area contributed by atoms with Gasteiger partial charge in [-0.2, -0.15) is 9.36 Å². The Morgan fingerprint density at radius 3 is 2.56 bits per heavy atom. The van der Waals surface area contributed by atoms with E-state index in [1.54, 1.807) is 18.2 Å². The molecule has 4 aromatic rings. The molecule has 0 aliphatic heterocycles. The van der Waals surface area contributed by atoms with E-state index in [4.69, 9.17) is 23.2 Å². The van der Waals surface area contributed by atoms with Crippen molar-refractivity contribution in [3.8, 4) is 0 Å². The van der Waals surface area contributed by atoms with E-state index in [0.717, 1.165) is 27.7 Å². The standard InChI is InChI=1S/C25H20Cl2N4O2S3/c1-2-34-25-30-24(36-31-25)29-23(33)21(15-7-4-3-5-8-15)35-18-10-6-9-17(14-18)28-22(32)19-12-11-16(26)13-20(19)27/h3-14,21H,2H2,1H3,(H,28,32)(H,29,30,31,33). The number of hydrogen-bond donors (Lipinski definition) is 2. The highest BCUT2D eigenvalue weighted by atomic mass is 35.5. The number of halogens is 2. The summed E-state index contributed by atoms with van der Waals surface area (Å²) in [6, 6.07) is 21.5. The van der Waals surface area contributed by atoms with Crippen molar-refractivity contribution in [2.24, 2.45) is 0 Å². The van der Waals surface area contributed by atoms with Crippen molar-refractivity contribution >= 4 is 80.9 Å². The predicted molar refractivity (Wildman–Crippen MR) is 151 cm³/mol. The van der Waals surface area contributed by atoms with Gasteiger partial charge >= 0.3 is 0 Å². The lowest BCUT2D eigenvalue weighted by atomic mass is 10.1. The van der Waals surface area contributed by atoms with Crippen LogP contribution in [0.25, 0.3) is 0 Å². The highest BCUT2D eigenvalue weighted by molar-refractivity contribution is 8.00. The van der Waals surface area contributed by atoms with E-state index in [1.807, 2.05) is 55.5 Å². The van der Waals surface area contributed by atoms with Gasteiger partial charge < -0.3 is 5.32 Å².